The summed E-state index contributed by atoms with van der Waals surface area (Å²) in [6, 6.07) is 4.81. The van der Waals surface area contributed by atoms with Crippen LogP contribution in [-0.4, -0.2) is 80.3 Å². The Kier molecular flexibility index (Phi) is 4.63. The molecule has 0 spiro atoms. The first kappa shape index (κ1) is 21.7. The van der Waals surface area contributed by atoms with Crippen molar-refractivity contribution in [2.24, 2.45) is 17.8 Å². The minimum atomic E-state index is -0.663. The van der Waals surface area contributed by atoms with Gasteiger partial charge in [-0.3, -0.25) is 24.5 Å². The van der Waals surface area contributed by atoms with E-state index < -0.39 is 11.9 Å². The summed E-state index contributed by atoms with van der Waals surface area (Å²) in [7, 11) is 1.73. The Labute approximate surface area is 206 Å². The Hall–Kier alpha value is -3.60. The van der Waals surface area contributed by atoms with E-state index in [1.807, 2.05) is 17.0 Å². The van der Waals surface area contributed by atoms with Gasteiger partial charge in [0.2, 0.25) is 11.8 Å². The molecule has 5 aliphatic rings. The molecule has 11 nitrogen and oxygen atoms in total. The summed E-state index contributed by atoms with van der Waals surface area (Å²) < 4.78 is 7.28. The number of likely N-dealkylation sites (tertiary alicyclic amines) is 1. The number of imide groups is 1. The molecular formula is C25H26N6O5. The van der Waals surface area contributed by atoms with Crippen LogP contribution in [0.15, 0.2) is 24.4 Å². The normalized spacial score (nSPS) is 32.4. The van der Waals surface area contributed by atoms with Gasteiger partial charge in [0.05, 0.1) is 24.0 Å². The zero-order chi connectivity index (χ0) is 24.7. The molecule has 2 aromatic rings. The largest absolute Gasteiger partial charge is 0.379 e. The zero-order valence-electron chi connectivity index (χ0n) is 19.8. The number of hydrogen-bond donors (Lipinski definition) is 1. The second-order valence-electron chi connectivity index (χ2n) is 10.6. The Morgan fingerprint density at radius 3 is 2.83 bits per heavy atom. The molecular weight excluding hydrogens is 464 g/mol. The minimum absolute atomic E-state index is 0.0859. The number of rotatable bonds is 4. The molecule has 0 radical (unpaired) electrons. The van der Waals surface area contributed by atoms with Gasteiger partial charge in [-0.05, 0) is 54.7 Å². The second-order valence-corrected chi connectivity index (χ2v) is 10.6. The van der Waals surface area contributed by atoms with E-state index in [2.05, 4.69) is 15.6 Å². The molecule has 4 fully saturated rings. The summed E-state index contributed by atoms with van der Waals surface area (Å²) in [5.41, 5.74) is 2.16. The fourth-order valence-corrected chi connectivity index (χ4v) is 7.27. The van der Waals surface area contributed by atoms with Gasteiger partial charge >= 0.3 is 0 Å². The fraction of sp³-hybridized carbons (Fsp3) is 0.520. The van der Waals surface area contributed by atoms with E-state index in [-0.39, 0.29) is 42.0 Å². The van der Waals surface area contributed by atoms with Crippen molar-refractivity contribution in [2.45, 2.75) is 50.4 Å². The van der Waals surface area contributed by atoms with E-state index in [9.17, 15) is 19.2 Å². The number of benzene rings is 1. The van der Waals surface area contributed by atoms with Crippen LogP contribution in [0.25, 0.3) is 5.69 Å². The van der Waals surface area contributed by atoms with Gasteiger partial charge in [0.15, 0.2) is 5.69 Å². The number of amides is 4. The summed E-state index contributed by atoms with van der Waals surface area (Å²) in [6.07, 6.45) is 4.47. The van der Waals surface area contributed by atoms with Crippen molar-refractivity contribution < 1.29 is 23.9 Å². The van der Waals surface area contributed by atoms with E-state index in [1.165, 1.54) is 9.58 Å². The molecule has 1 aromatic heterocycles. The van der Waals surface area contributed by atoms with Crippen molar-refractivity contribution in [3.05, 3.63) is 41.2 Å². The molecule has 11 heteroatoms. The molecule has 2 bridgehead atoms. The summed E-state index contributed by atoms with van der Waals surface area (Å²) in [5, 5.41) is 10.6. The molecule has 4 heterocycles. The highest BCUT2D eigenvalue weighted by atomic mass is 16.5. The summed E-state index contributed by atoms with van der Waals surface area (Å²) in [6.45, 7) is 1.04. The van der Waals surface area contributed by atoms with Gasteiger partial charge in [0, 0.05) is 32.2 Å². The first-order valence-electron chi connectivity index (χ1n) is 12.5. The highest BCUT2D eigenvalue weighted by Crippen LogP contribution is 2.56. The van der Waals surface area contributed by atoms with Crippen LogP contribution in [0.1, 0.15) is 52.1 Å². The second kappa shape index (κ2) is 7.70. The number of fused-ring (bicyclic) bond motifs is 2. The highest BCUT2D eigenvalue weighted by molar-refractivity contribution is 6.05. The number of piperidine rings is 1. The number of carbonyl (C=O) groups excluding carboxylic acids is 4. The van der Waals surface area contributed by atoms with Gasteiger partial charge in [0.1, 0.15) is 6.04 Å². The summed E-state index contributed by atoms with van der Waals surface area (Å²) in [4.78, 5) is 53.8. The van der Waals surface area contributed by atoms with Crippen molar-refractivity contribution in [3.63, 3.8) is 0 Å². The fourth-order valence-electron chi connectivity index (χ4n) is 7.27. The number of nitrogens with one attached hydrogen (secondary N) is 1. The third-order valence-electron chi connectivity index (χ3n) is 8.84. The predicted octanol–water partition coefficient (Wildman–Crippen LogP) is 0.524. The quantitative estimate of drug-likeness (QED) is 0.619. The van der Waals surface area contributed by atoms with Crippen LogP contribution in [0.4, 0.5) is 0 Å². The van der Waals surface area contributed by atoms with Gasteiger partial charge in [-0.15, -0.1) is 5.10 Å². The lowest BCUT2D eigenvalue weighted by atomic mass is 9.88. The van der Waals surface area contributed by atoms with Crippen LogP contribution in [0.5, 0.6) is 0 Å². The highest BCUT2D eigenvalue weighted by Gasteiger charge is 2.60. The maximum absolute atomic E-state index is 13.4. The van der Waals surface area contributed by atoms with E-state index in [1.54, 1.807) is 19.4 Å². The van der Waals surface area contributed by atoms with Gasteiger partial charge in [-0.2, -0.15) is 0 Å². The SMILES string of the molecule is COC1C2CC3CN(C(=O)c4cn(-c5ccc6c(c5)C(=O)N(C5CCC(=O)NC5=O)C6)nn4)C1C3C2. The Balaban J connectivity index is 1.11. The summed E-state index contributed by atoms with van der Waals surface area (Å²) in [5.74, 6) is 0.441. The molecule has 2 saturated heterocycles. The Bertz CT molecular complexity index is 1320. The number of ether oxygens (including phenoxy) is 1. The molecule has 3 aliphatic heterocycles. The van der Waals surface area contributed by atoms with Crippen LogP contribution >= 0.6 is 0 Å². The third-order valence-corrected chi connectivity index (χ3v) is 8.84. The van der Waals surface area contributed by atoms with Crippen LogP contribution in [0, 0.1) is 17.8 Å². The monoisotopic (exact) mass is 490 g/mol. The lowest BCUT2D eigenvalue weighted by Gasteiger charge is -2.30. The molecule has 6 atom stereocenters. The number of aromatic nitrogens is 3. The topological polar surface area (TPSA) is 127 Å². The van der Waals surface area contributed by atoms with E-state index in [4.69, 9.17) is 4.74 Å². The van der Waals surface area contributed by atoms with Gasteiger partial charge in [-0.1, -0.05) is 11.3 Å². The van der Waals surface area contributed by atoms with E-state index in [0.29, 0.717) is 42.0 Å². The minimum Gasteiger partial charge on any atom is -0.379 e. The summed E-state index contributed by atoms with van der Waals surface area (Å²) >= 11 is 0. The molecule has 7 rings (SSSR count). The van der Waals surface area contributed by atoms with E-state index in [0.717, 1.165) is 24.9 Å². The zero-order valence-corrected chi connectivity index (χ0v) is 19.8. The van der Waals surface area contributed by atoms with Crippen LogP contribution in [0.2, 0.25) is 0 Å². The Morgan fingerprint density at radius 2 is 2.03 bits per heavy atom. The first-order chi connectivity index (χ1) is 17.4. The molecule has 1 N–H and O–H groups in total. The van der Waals surface area contributed by atoms with Crippen LogP contribution in [-0.2, 0) is 20.9 Å². The molecule has 2 aliphatic carbocycles. The van der Waals surface area contributed by atoms with Gasteiger partial charge in [-0.25, -0.2) is 4.68 Å². The van der Waals surface area contributed by atoms with Crippen molar-refractivity contribution in [1.29, 1.82) is 0 Å². The standard InChI is InChI=1S/C25H26N6O5/c1-36-22-13-6-14-10-30(21(22)16(14)7-13)25(35)18-11-31(28-27-18)15-3-2-12-9-29(24(34)17(12)8-15)19-4-5-20(32)26-23(19)33/h2-3,8,11,13-14,16,19,21-22H,4-7,9-10H2,1H3,(H,26,32,33). The lowest BCUT2D eigenvalue weighted by Crippen LogP contribution is -2.52. The van der Waals surface area contributed by atoms with Crippen LogP contribution in [0.3, 0.4) is 0 Å². The number of methoxy groups -OCH3 is 1. The average molecular weight is 491 g/mol. The maximum Gasteiger partial charge on any atom is 0.276 e. The smallest absolute Gasteiger partial charge is 0.276 e. The predicted molar refractivity (Wildman–Crippen MR) is 123 cm³/mol. The first-order valence-corrected chi connectivity index (χ1v) is 12.5. The molecule has 4 amide bonds. The molecule has 2 saturated carbocycles. The molecule has 36 heavy (non-hydrogen) atoms. The number of nitrogens with zero attached hydrogens (tertiary/aromatic N) is 5. The van der Waals surface area contributed by atoms with Crippen LogP contribution < -0.4 is 5.32 Å². The average Bonchev–Trinajstić information content (AvgIpc) is 3.66. The molecule has 186 valence electrons. The van der Waals surface area contributed by atoms with Gasteiger partial charge in [0.25, 0.3) is 11.8 Å². The lowest BCUT2D eigenvalue weighted by molar-refractivity contribution is -0.136. The molecule has 1 aromatic carbocycles. The third kappa shape index (κ3) is 3.01. The molecule has 6 unspecified atom stereocenters. The van der Waals surface area contributed by atoms with E-state index >= 15 is 0 Å². The number of hydrogen-bond acceptors (Lipinski definition) is 7. The van der Waals surface area contributed by atoms with Gasteiger partial charge < -0.3 is 14.5 Å². The van der Waals surface area contributed by atoms with Crippen molar-refractivity contribution in [1.82, 2.24) is 30.1 Å². The maximum atomic E-state index is 13.4. The Morgan fingerprint density at radius 1 is 1.17 bits per heavy atom. The van der Waals surface area contributed by atoms with Crippen molar-refractivity contribution in [2.75, 3.05) is 13.7 Å². The van der Waals surface area contributed by atoms with Crippen molar-refractivity contribution in [3.8, 4) is 5.69 Å². The van der Waals surface area contributed by atoms with Crippen molar-refractivity contribution >= 4 is 23.6 Å². The number of carbonyl (C=O) groups is 4.